The summed E-state index contributed by atoms with van der Waals surface area (Å²) >= 11 is 3.67. The average Bonchev–Trinajstić information content (AvgIpc) is 3.74. The monoisotopic (exact) mass is 806 g/mol. The second-order valence-electron chi connectivity index (χ2n) is 14.4. The Bertz CT molecular complexity index is 2330. The van der Waals surface area contributed by atoms with Crippen molar-refractivity contribution in [1.82, 2.24) is 23.8 Å². The molecule has 0 aliphatic carbocycles. The summed E-state index contributed by atoms with van der Waals surface area (Å²) in [6, 6.07) is 30.8. The number of fused-ring (bicyclic) bond motifs is 2. The minimum absolute atomic E-state index is 0. The standard InChI is InChI=1S/C43H43BrN6O3.ClH/c1-29-22-33(42(52)50(35-9-12-38(51)13-10-35)36-11-15-40-31(24-36)16-17-46(40)3)27-48(29)41-25-34(44)8-14-39(41)43(53)49-26-32-7-5-4-6-30(32)23-37(49)28-47-20-18-45(2)19-21-47;/h4-17,22,24-25,27,37,51H,18-21,23,26,28H2,1-3H3;1H/t37-;/m0./s1. The lowest BCUT2D eigenvalue weighted by atomic mass is 9.92. The lowest BCUT2D eigenvalue weighted by Crippen LogP contribution is -2.53. The predicted octanol–water partition coefficient (Wildman–Crippen LogP) is 7.96. The Kier molecular flexibility index (Phi) is 10.7. The third kappa shape index (κ3) is 7.31. The molecular weight excluding hydrogens is 764 g/mol. The van der Waals surface area contributed by atoms with Crippen LogP contribution < -0.4 is 4.90 Å². The van der Waals surface area contributed by atoms with Crippen molar-refractivity contribution in [2.75, 3.05) is 44.7 Å². The number of phenolic OH excluding ortho intramolecular Hbond substituents is 1. The molecule has 4 heterocycles. The maximum atomic E-state index is 14.9. The van der Waals surface area contributed by atoms with E-state index >= 15 is 0 Å². The van der Waals surface area contributed by atoms with Crippen LogP contribution in [0.3, 0.4) is 0 Å². The molecule has 1 fully saturated rings. The number of carbonyl (C=O) groups excluding carboxylic acids is 2. The Labute approximate surface area is 330 Å². The van der Waals surface area contributed by atoms with Crippen molar-refractivity contribution in [1.29, 1.82) is 0 Å². The molecular formula is C43H44BrClN6O3. The van der Waals surface area contributed by atoms with Gasteiger partial charge in [0.05, 0.1) is 16.8 Å². The fraction of sp³-hybridized carbons (Fsp3) is 0.256. The Morgan fingerprint density at radius 2 is 1.57 bits per heavy atom. The number of rotatable bonds is 7. The first-order valence-electron chi connectivity index (χ1n) is 18.1. The number of anilines is 2. The molecule has 4 aromatic carbocycles. The Morgan fingerprint density at radius 1 is 0.852 bits per heavy atom. The number of phenols is 1. The maximum Gasteiger partial charge on any atom is 0.264 e. The Hall–Kier alpha value is -4.87. The van der Waals surface area contributed by atoms with Crippen LogP contribution in [-0.2, 0) is 20.0 Å². The first-order valence-corrected chi connectivity index (χ1v) is 18.9. The van der Waals surface area contributed by atoms with Gasteiger partial charge in [0.25, 0.3) is 11.8 Å². The fourth-order valence-corrected chi connectivity index (χ4v) is 8.18. The average molecular weight is 808 g/mol. The summed E-state index contributed by atoms with van der Waals surface area (Å²) in [5, 5.41) is 11.1. The minimum atomic E-state index is -0.226. The summed E-state index contributed by atoms with van der Waals surface area (Å²) in [6.07, 6.45) is 4.64. The van der Waals surface area contributed by atoms with Crippen molar-refractivity contribution in [2.45, 2.75) is 25.9 Å². The number of piperazine rings is 1. The van der Waals surface area contributed by atoms with Gasteiger partial charge in [-0.15, -0.1) is 12.4 Å². The fourth-order valence-electron chi connectivity index (χ4n) is 7.83. The second kappa shape index (κ2) is 15.5. The quantitative estimate of drug-likeness (QED) is 0.177. The summed E-state index contributed by atoms with van der Waals surface area (Å²) in [5.74, 6) is -0.129. The van der Waals surface area contributed by atoms with Crippen molar-refractivity contribution in [2.24, 2.45) is 7.05 Å². The molecule has 1 N–H and O–H groups in total. The molecule has 2 aliphatic heterocycles. The summed E-state index contributed by atoms with van der Waals surface area (Å²) < 4.78 is 4.84. The first kappa shape index (κ1) is 37.4. The van der Waals surface area contributed by atoms with Gasteiger partial charge >= 0.3 is 0 Å². The molecule has 2 aliphatic rings. The maximum absolute atomic E-state index is 14.9. The van der Waals surface area contributed by atoms with Crippen LogP contribution in [0.4, 0.5) is 11.4 Å². The highest BCUT2D eigenvalue weighted by atomic mass is 79.9. The normalized spacial score (nSPS) is 16.2. The molecule has 1 atom stereocenters. The summed E-state index contributed by atoms with van der Waals surface area (Å²) in [6.45, 7) is 7.34. The molecule has 1 saturated heterocycles. The highest BCUT2D eigenvalue weighted by Gasteiger charge is 2.34. The minimum Gasteiger partial charge on any atom is -0.508 e. The predicted molar refractivity (Wildman–Crippen MR) is 221 cm³/mol. The van der Waals surface area contributed by atoms with Gasteiger partial charge in [0.2, 0.25) is 0 Å². The van der Waals surface area contributed by atoms with Gasteiger partial charge in [-0.05, 0) is 104 Å². The van der Waals surface area contributed by atoms with Gasteiger partial charge in [0.15, 0.2) is 0 Å². The number of likely N-dealkylation sites (N-methyl/N-ethyl adjacent to an activating group) is 1. The number of carbonyl (C=O) groups is 2. The lowest BCUT2D eigenvalue weighted by molar-refractivity contribution is 0.0535. The number of nitrogens with zero attached hydrogens (tertiary/aromatic N) is 6. The van der Waals surface area contributed by atoms with Crippen molar-refractivity contribution in [3.05, 3.63) is 142 Å². The van der Waals surface area contributed by atoms with Gasteiger partial charge in [-0.3, -0.25) is 19.4 Å². The van der Waals surface area contributed by atoms with Gasteiger partial charge in [0.1, 0.15) is 5.75 Å². The molecule has 2 amide bonds. The van der Waals surface area contributed by atoms with E-state index in [1.54, 1.807) is 29.2 Å². The van der Waals surface area contributed by atoms with Gasteiger partial charge in [-0.1, -0.05) is 40.2 Å². The van der Waals surface area contributed by atoms with Crippen LogP contribution in [0.2, 0.25) is 0 Å². The number of hydrogen-bond acceptors (Lipinski definition) is 5. The van der Waals surface area contributed by atoms with Gasteiger partial charge in [0, 0.05) is 97.2 Å². The van der Waals surface area contributed by atoms with Crippen molar-refractivity contribution >= 4 is 62.4 Å². The molecule has 2 aromatic heterocycles. The van der Waals surface area contributed by atoms with Crippen LogP contribution in [0, 0.1) is 6.92 Å². The van der Waals surface area contributed by atoms with E-state index in [0.717, 1.165) is 60.2 Å². The van der Waals surface area contributed by atoms with E-state index in [4.69, 9.17) is 0 Å². The van der Waals surface area contributed by atoms with Crippen LogP contribution in [-0.4, -0.2) is 86.6 Å². The van der Waals surface area contributed by atoms with E-state index in [2.05, 4.69) is 61.9 Å². The number of aromatic hydroxyl groups is 1. The SMILES string of the molecule is Cc1cc(C(=O)N(c2ccc(O)cc2)c2ccc3c(ccn3C)c2)cn1-c1cc(Br)ccc1C(=O)N1Cc2ccccc2C[C@H]1CN1CCN(C)CC1.Cl. The molecule has 9 nitrogen and oxygen atoms in total. The molecule has 6 aromatic rings. The summed E-state index contributed by atoms with van der Waals surface area (Å²) in [5.41, 5.74) is 7.47. The number of aromatic nitrogens is 2. The van der Waals surface area contributed by atoms with Crippen LogP contribution in [0.25, 0.3) is 16.6 Å². The molecule has 0 saturated carbocycles. The first-order chi connectivity index (χ1) is 25.6. The van der Waals surface area contributed by atoms with Gasteiger partial charge in [-0.2, -0.15) is 0 Å². The second-order valence-corrected chi connectivity index (χ2v) is 15.3. The number of aryl methyl sites for hydroxylation is 2. The molecule has 0 radical (unpaired) electrons. The zero-order valence-corrected chi connectivity index (χ0v) is 33.1. The largest absolute Gasteiger partial charge is 0.508 e. The van der Waals surface area contributed by atoms with Crippen LogP contribution in [0.5, 0.6) is 5.75 Å². The van der Waals surface area contributed by atoms with E-state index in [-0.39, 0.29) is 36.0 Å². The van der Waals surface area contributed by atoms with Crippen molar-refractivity contribution in [3.8, 4) is 11.4 Å². The van der Waals surface area contributed by atoms with E-state index in [1.165, 1.54) is 11.1 Å². The number of hydrogen-bond donors (Lipinski definition) is 1. The third-order valence-electron chi connectivity index (χ3n) is 10.8. The summed E-state index contributed by atoms with van der Waals surface area (Å²) in [4.78, 5) is 38.1. The van der Waals surface area contributed by atoms with Crippen molar-refractivity contribution in [3.63, 3.8) is 0 Å². The van der Waals surface area contributed by atoms with Crippen molar-refractivity contribution < 1.29 is 14.7 Å². The van der Waals surface area contributed by atoms with E-state index in [0.29, 0.717) is 34.7 Å². The highest BCUT2D eigenvalue weighted by molar-refractivity contribution is 9.10. The molecule has 0 spiro atoms. The molecule has 278 valence electrons. The Morgan fingerprint density at radius 3 is 2.33 bits per heavy atom. The van der Waals surface area contributed by atoms with Crippen LogP contribution in [0.15, 0.2) is 114 Å². The number of amides is 2. The van der Waals surface area contributed by atoms with Gasteiger partial charge in [-0.25, -0.2) is 0 Å². The summed E-state index contributed by atoms with van der Waals surface area (Å²) in [7, 11) is 4.16. The van der Waals surface area contributed by atoms with Crippen LogP contribution >= 0.6 is 28.3 Å². The molecule has 11 heteroatoms. The topological polar surface area (TPSA) is 77.2 Å². The molecule has 8 rings (SSSR count). The number of halogens is 2. The zero-order valence-electron chi connectivity index (χ0n) is 30.7. The van der Waals surface area contributed by atoms with Crippen LogP contribution in [0.1, 0.15) is 37.5 Å². The lowest BCUT2D eigenvalue weighted by Gasteiger charge is -2.41. The molecule has 0 unspecified atom stereocenters. The smallest absolute Gasteiger partial charge is 0.264 e. The van der Waals surface area contributed by atoms with E-state index < -0.39 is 0 Å². The van der Waals surface area contributed by atoms with Gasteiger partial charge < -0.3 is 24.0 Å². The van der Waals surface area contributed by atoms with E-state index in [9.17, 15) is 14.7 Å². The number of benzene rings is 4. The highest BCUT2D eigenvalue weighted by Crippen LogP contribution is 2.34. The van der Waals surface area contributed by atoms with E-state index in [1.807, 2.05) is 84.0 Å². The Balaban J connectivity index is 0.00000450. The molecule has 0 bridgehead atoms. The zero-order chi connectivity index (χ0) is 36.8. The molecule has 54 heavy (non-hydrogen) atoms. The third-order valence-corrected chi connectivity index (χ3v) is 11.3.